The van der Waals surface area contributed by atoms with Gasteiger partial charge in [0.25, 0.3) is 0 Å². The Bertz CT molecular complexity index is 868. The molecule has 7 nitrogen and oxygen atoms in total. The highest BCUT2D eigenvalue weighted by atomic mass is 32.1. The average molecular weight is 435 g/mol. The summed E-state index contributed by atoms with van der Waals surface area (Å²) in [4.78, 5) is 28.3. The van der Waals surface area contributed by atoms with Crippen LogP contribution in [-0.4, -0.2) is 36.6 Å². The number of nitrogens with one attached hydrogen (secondary N) is 3. The standard InChI is InChI=1S/C21H27FN4O3S/c1-29-18-10-9-14(12-16(18)22)17-13-30-21(25-17)26-19(27)8-5-11-23-20(28)24-15-6-3-2-4-7-15/h9-10,12-13,15H,2-8,11H2,1H3,(H2,23,24,28)(H,25,26,27). The van der Waals surface area contributed by atoms with Crippen LogP contribution in [0, 0.1) is 5.82 Å². The van der Waals surface area contributed by atoms with Crippen LogP contribution in [0.1, 0.15) is 44.9 Å². The van der Waals surface area contributed by atoms with Crippen LogP contribution in [0.4, 0.5) is 14.3 Å². The number of rotatable bonds is 8. The minimum absolute atomic E-state index is 0.168. The molecule has 2 aromatic rings. The van der Waals surface area contributed by atoms with E-state index in [0.717, 1.165) is 25.7 Å². The molecule has 3 N–H and O–H groups in total. The van der Waals surface area contributed by atoms with Gasteiger partial charge in [-0.15, -0.1) is 11.3 Å². The van der Waals surface area contributed by atoms with Crippen molar-refractivity contribution in [2.24, 2.45) is 0 Å². The Morgan fingerprint density at radius 2 is 2.07 bits per heavy atom. The number of methoxy groups -OCH3 is 1. The summed E-state index contributed by atoms with van der Waals surface area (Å²) in [5.41, 5.74) is 1.19. The fraction of sp³-hybridized carbons (Fsp3) is 0.476. The molecule has 9 heteroatoms. The summed E-state index contributed by atoms with van der Waals surface area (Å²) in [7, 11) is 1.41. The summed E-state index contributed by atoms with van der Waals surface area (Å²) in [6.07, 6.45) is 6.45. The molecule has 0 atom stereocenters. The molecule has 162 valence electrons. The molecule has 1 heterocycles. The van der Waals surface area contributed by atoms with E-state index in [0.29, 0.717) is 29.4 Å². The van der Waals surface area contributed by atoms with Crippen LogP contribution in [0.2, 0.25) is 0 Å². The van der Waals surface area contributed by atoms with Gasteiger partial charge in [0.1, 0.15) is 0 Å². The van der Waals surface area contributed by atoms with Gasteiger partial charge in [0, 0.05) is 30.0 Å². The van der Waals surface area contributed by atoms with Crippen LogP contribution in [0.3, 0.4) is 0 Å². The van der Waals surface area contributed by atoms with Gasteiger partial charge in [0.05, 0.1) is 12.8 Å². The minimum Gasteiger partial charge on any atom is -0.494 e. The monoisotopic (exact) mass is 434 g/mol. The fourth-order valence-electron chi connectivity index (χ4n) is 3.41. The summed E-state index contributed by atoms with van der Waals surface area (Å²) < 4.78 is 18.8. The molecule has 1 aromatic carbocycles. The molecule has 0 bridgehead atoms. The Hall–Kier alpha value is -2.68. The van der Waals surface area contributed by atoms with Gasteiger partial charge in [-0.25, -0.2) is 14.2 Å². The summed E-state index contributed by atoms with van der Waals surface area (Å²) in [5.74, 6) is -0.469. The number of anilines is 1. The summed E-state index contributed by atoms with van der Waals surface area (Å²) in [5, 5.41) is 10.7. The van der Waals surface area contributed by atoms with Crippen LogP contribution in [0.25, 0.3) is 11.3 Å². The third kappa shape index (κ3) is 6.41. The Kier molecular flexibility index (Phi) is 8.01. The predicted molar refractivity (Wildman–Crippen MR) is 115 cm³/mol. The number of hydrogen-bond donors (Lipinski definition) is 3. The van der Waals surface area contributed by atoms with Gasteiger partial charge in [-0.1, -0.05) is 19.3 Å². The van der Waals surface area contributed by atoms with Gasteiger partial charge in [-0.3, -0.25) is 4.79 Å². The number of aromatic nitrogens is 1. The molecule has 1 aliphatic rings. The second kappa shape index (κ2) is 10.9. The lowest BCUT2D eigenvalue weighted by atomic mass is 9.96. The number of hydrogen-bond acceptors (Lipinski definition) is 5. The SMILES string of the molecule is COc1ccc(-c2csc(NC(=O)CCCNC(=O)NC3CCCCC3)n2)cc1F. The Morgan fingerprint density at radius 1 is 1.27 bits per heavy atom. The number of halogens is 1. The largest absolute Gasteiger partial charge is 0.494 e. The first-order valence-electron chi connectivity index (χ1n) is 10.2. The first kappa shape index (κ1) is 22.0. The topological polar surface area (TPSA) is 92.4 Å². The third-order valence-electron chi connectivity index (χ3n) is 5.00. The molecule has 3 rings (SSSR count). The first-order valence-corrected chi connectivity index (χ1v) is 11.1. The Labute approximate surface area is 179 Å². The van der Waals surface area contributed by atoms with E-state index in [1.807, 2.05) is 0 Å². The molecule has 0 saturated heterocycles. The van der Waals surface area contributed by atoms with E-state index in [1.54, 1.807) is 17.5 Å². The average Bonchev–Trinajstić information content (AvgIpc) is 3.20. The quantitative estimate of drug-likeness (QED) is 0.540. The summed E-state index contributed by atoms with van der Waals surface area (Å²) >= 11 is 1.28. The van der Waals surface area contributed by atoms with Gasteiger partial charge in [0.15, 0.2) is 16.7 Å². The fourth-order valence-corrected chi connectivity index (χ4v) is 4.14. The van der Waals surface area contributed by atoms with Crippen molar-refractivity contribution in [1.29, 1.82) is 0 Å². The molecule has 1 saturated carbocycles. The minimum atomic E-state index is -0.464. The lowest BCUT2D eigenvalue weighted by Crippen LogP contribution is -2.43. The summed E-state index contributed by atoms with van der Waals surface area (Å²) in [6.45, 7) is 0.431. The molecule has 1 aromatic heterocycles. The zero-order valence-corrected chi connectivity index (χ0v) is 17.8. The van der Waals surface area contributed by atoms with Gasteiger partial charge in [-0.05, 0) is 37.5 Å². The number of ether oxygens (including phenoxy) is 1. The molecule has 1 aliphatic carbocycles. The number of amides is 3. The van der Waals surface area contributed by atoms with Crippen molar-refractivity contribution in [3.05, 3.63) is 29.4 Å². The number of thiazole rings is 1. The van der Waals surface area contributed by atoms with Crippen molar-refractivity contribution in [3.8, 4) is 17.0 Å². The Morgan fingerprint density at radius 3 is 2.80 bits per heavy atom. The van der Waals surface area contributed by atoms with Crippen LogP contribution in [0.15, 0.2) is 23.6 Å². The van der Waals surface area contributed by atoms with Crippen molar-refractivity contribution in [1.82, 2.24) is 15.6 Å². The maximum Gasteiger partial charge on any atom is 0.315 e. The highest BCUT2D eigenvalue weighted by Crippen LogP contribution is 2.28. The van der Waals surface area contributed by atoms with Crippen molar-refractivity contribution in [2.45, 2.75) is 51.0 Å². The lowest BCUT2D eigenvalue weighted by molar-refractivity contribution is -0.116. The highest BCUT2D eigenvalue weighted by molar-refractivity contribution is 7.14. The van der Waals surface area contributed by atoms with Gasteiger partial charge in [-0.2, -0.15) is 0 Å². The smallest absolute Gasteiger partial charge is 0.315 e. The zero-order chi connectivity index (χ0) is 21.3. The maximum absolute atomic E-state index is 13.9. The van der Waals surface area contributed by atoms with Crippen LogP contribution in [-0.2, 0) is 4.79 Å². The highest BCUT2D eigenvalue weighted by Gasteiger charge is 2.15. The number of carbonyl (C=O) groups is 2. The van der Waals surface area contributed by atoms with E-state index in [1.165, 1.54) is 30.9 Å². The van der Waals surface area contributed by atoms with E-state index in [-0.39, 0.29) is 30.2 Å². The molecule has 0 aliphatic heterocycles. The van der Waals surface area contributed by atoms with E-state index in [9.17, 15) is 14.0 Å². The second-order valence-electron chi connectivity index (χ2n) is 7.27. The van der Waals surface area contributed by atoms with Crippen molar-refractivity contribution in [2.75, 3.05) is 19.0 Å². The molecule has 3 amide bonds. The van der Waals surface area contributed by atoms with Crippen LogP contribution in [0.5, 0.6) is 5.75 Å². The predicted octanol–water partition coefficient (Wildman–Crippen LogP) is 4.31. The number of urea groups is 1. The van der Waals surface area contributed by atoms with Gasteiger partial charge < -0.3 is 20.7 Å². The normalized spacial score (nSPS) is 14.2. The molecule has 0 spiro atoms. The number of benzene rings is 1. The molecule has 30 heavy (non-hydrogen) atoms. The van der Waals surface area contributed by atoms with Crippen molar-refractivity contribution >= 4 is 28.4 Å². The van der Waals surface area contributed by atoms with Gasteiger partial charge >= 0.3 is 6.03 Å². The van der Waals surface area contributed by atoms with Crippen LogP contribution >= 0.6 is 11.3 Å². The van der Waals surface area contributed by atoms with Crippen molar-refractivity contribution < 1.29 is 18.7 Å². The molecule has 0 radical (unpaired) electrons. The second-order valence-corrected chi connectivity index (χ2v) is 8.13. The molecule has 1 fully saturated rings. The van der Waals surface area contributed by atoms with E-state index in [2.05, 4.69) is 20.9 Å². The van der Waals surface area contributed by atoms with Gasteiger partial charge in [0.2, 0.25) is 5.91 Å². The maximum atomic E-state index is 13.9. The van der Waals surface area contributed by atoms with Crippen molar-refractivity contribution in [3.63, 3.8) is 0 Å². The van der Waals surface area contributed by atoms with E-state index < -0.39 is 5.82 Å². The molecular weight excluding hydrogens is 407 g/mol. The zero-order valence-electron chi connectivity index (χ0n) is 17.0. The number of nitrogens with zero attached hydrogens (tertiary/aromatic N) is 1. The van der Waals surface area contributed by atoms with E-state index in [4.69, 9.17) is 4.74 Å². The lowest BCUT2D eigenvalue weighted by Gasteiger charge is -2.22. The molecule has 0 unspecified atom stereocenters. The summed E-state index contributed by atoms with van der Waals surface area (Å²) in [6, 6.07) is 4.70. The third-order valence-corrected chi connectivity index (χ3v) is 5.76. The first-order chi connectivity index (χ1) is 14.5. The molecular formula is C21H27FN4O3S. The van der Waals surface area contributed by atoms with Crippen LogP contribution < -0.4 is 20.7 Å². The Balaban J connectivity index is 1.38. The number of carbonyl (C=O) groups excluding carboxylic acids is 2. The van der Waals surface area contributed by atoms with E-state index >= 15 is 0 Å².